The summed E-state index contributed by atoms with van der Waals surface area (Å²) in [4.78, 5) is 9.47. The van der Waals surface area contributed by atoms with Gasteiger partial charge in [-0.15, -0.1) is 0 Å². The summed E-state index contributed by atoms with van der Waals surface area (Å²) in [5.41, 5.74) is 0.936. The first-order valence-corrected chi connectivity index (χ1v) is 7.90. The molecule has 1 N–H and O–H groups in total. The van der Waals surface area contributed by atoms with Crippen LogP contribution in [-0.2, 0) is 9.84 Å². The van der Waals surface area contributed by atoms with Crippen LogP contribution in [0.3, 0.4) is 0 Å². The summed E-state index contributed by atoms with van der Waals surface area (Å²) in [6, 6.07) is 9.55. The van der Waals surface area contributed by atoms with Crippen molar-refractivity contribution in [3.63, 3.8) is 0 Å². The van der Waals surface area contributed by atoms with E-state index in [-0.39, 0.29) is 5.69 Å². The average molecular weight is 342 g/mol. The van der Waals surface area contributed by atoms with E-state index in [0.29, 0.717) is 11.8 Å². The van der Waals surface area contributed by atoms with Gasteiger partial charge in [-0.05, 0) is 31.2 Å². The van der Waals surface area contributed by atoms with Crippen LogP contribution in [0.4, 0.5) is 25.8 Å². The molecule has 2 rings (SSSR count). The maximum Gasteiger partial charge on any atom is 0.341 e. The van der Waals surface area contributed by atoms with Crippen LogP contribution in [0.15, 0.2) is 47.4 Å². The molecule has 0 spiro atoms. The molecule has 122 valence electrons. The molecule has 0 amide bonds. The number of nitrogens with one attached hydrogen (secondary N) is 1. The number of benzene rings is 2. The van der Waals surface area contributed by atoms with Crippen LogP contribution in [-0.4, -0.2) is 19.1 Å². The molecular weight excluding hydrogens is 330 g/mol. The Kier molecular flexibility index (Phi) is 4.60. The highest BCUT2D eigenvalue weighted by atomic mass is 32.2. The zero-order valence-electron chi connectivity index (χ0n) is 11.9. The normalized spacial score (nSPS) is 11.5. The zero-order chi connectivity index (χ0) is 17.2. The number of hydrogen-bond acceptors (Lipinski definition) is 5. The number of anilines is 2. The van der Waals surface area contributed by atoms with E-state index < -0.39 is 31.1 Å². The van der Waals surface area contributed by atoms with E-state index in [9.17, 15) is 27.3 Å². The fourth-order valence-electron chi connectivity index (χ4n) is 1.84. The number of nitrogens with zero attached hydrogens (tertiary/aromatic N) is 1. The number of halogens is 2. The van der Waals surface area contributed by atoms with E-state index in [2.05, 4.69) is 5.32 Å². The molecule has 0 heterocycles. The molecule has 2 aromatic rings. The quantitative estimate of drug-likeness (QED) is 0.662. The predicted molar refractivity (Wildman–Crippen MR) is 80.7 cm³/mol. The predicted octanol–water partition coefficient (Wildman–Crippen LogP) is 3.64. The Hall–Kier alpha value is -2.55. The zero-order valence-corrected chi connectivity index (χ0v) is 12.7. The summed E-state index contributed by atoms with van der Waals surface area (Å²) < 4.78 is 47.9. The van der Waals surface area contributed by atoms with Gasteiger partial charge >= 0.3 is 5.76 Å². The third-order valence-electron chi connectivity index (χ3n) is 3.06. The summed E-state index contributed by atoms with van der Waals surface area (Å²) in [7, 11) is -4.89. The topological polar surface area (TPSA) is 89.3 Å². The molecule has 0 aliphatic carbocycles. The largest absolute Gasteiger partial charge is 0.350 e. The van der Waals surface area contributed by atoms with Crippen LogP contribution >= 0.6 is 0 Å². The Morgan fingerprint density at radius 1 is 1.13 bits per heavy atom. The Labute approximate surface area is 130 Å². The van der Waals surface area contributed by atoms with E-state index in [4.69, 9.17) is 0 Å². The molecule has 6 nitrogen and oxygen atoms in total. The fraction of sp³-hybridized carbons (Fsp3) is 0.143. The monoisotopic (exact) mass is 342 g/mol. The van der Waals surface area contributed by atoms with Crippen molar-refractivity contribution in [3.8, 4) is 0 Å². The van der Waals surface area contributed by atoms with Crippen LogP contribution in [0.25, 0.3) is 0 Å². The lowest BCUT2D eigenvalue weighted by atomic mass is 10.2. The van der Waals surface area contributed by atoms with Crippen LogP contribution in [0.2, 0.25) is 0 Å². The van der Waals surface area contributed by atoms with E-state index >= 15 is 0 Å². The summed E-state index contributed by atoms with van der Waals surface area (Å²) in [5, 5.41) is 13.9. The second-order valence-electron chi connectivity index (χ2n) is 4.73. The van der Waals surface area contributed by atoms with Gasteiger partial charge in [-0.3, -0.25) is 10.1 Å². The van der Waals surface area contributed by atoms with Gasteiger partial charge in [0.2, 0.25) is 9.84 Å². The van der Waals surface area contributed by atoms with Crippen molar-refractivity contribution in [2.24, 2.45) is 0 Å². The SMILES string of the molecule is Cc1ccc(Nc2ccc(S(=O)(=O)C(F)F)cc2[N+](=O)[O-])cc1. The molecule has 0 saturated heterocycles. The molecule has 0 fully saturated rings. The maximum absolute atomic E-state index is 12.5. The van der Waals surface area contributed by atoms with Gasteiger partial charge in [0, 0.05) is 11.8 Å². The van der Waals surface area contributed by atoms with E-state index in [1.54, 1.807) is 24.3 Å². The first kappa shape index (κ1) is 16.8. The molecule has 0 bridgehead atoms. The van der Waals surface area contributed by atoms with Crippen molar-refractivity contribution in [1.29, 1.82) is 0 Å². The minimum atomic E-state index is -4.89. The number of nitro groups is 1. The lowest BCUT2D eigenvalue weighted by Crippen LogP contribution is -2.12. The maximum atomic E-state index is 12.5. The van der Waals surface area contributed by atoms with Gasteiger partial charge in [-0.25, -0.2) is 8.42 Å². The smallest absolute Gasteiger partial charge is 0.341 e. The Morgan fingerprint density at radius 3 is 2.26 bits per heavy atom. The molecule has 0 saturated carbocycles. The summed E-state index contributed by atoms with van der Waals surface area (Å²) in [6.45, 7) is 1.87. The van der Waals surface area contributed by atoms with Gasteiger partial charge in [0.25, 0.3) is 5.69 Å². The minimum Gasteiger partial charge on any atom is -0.350 e. The Morgan fingerprint density at radius 2 is 1.74 bits per heavy atom. The molecule has 0 aliphatic heterocycles. The molecule has 2 aromatic carbocycles. The first-order valence-electron chi connectivity index (χ1n) is 6.36. The summed E-state index contributed by atoms with van der Waals surface area (Å²) in [5.74, 6) is -3.64. The third-order valence-corrected chi connectivity index (χ3v) is 4.44. The van der Waals surface area contributed by atoms with E-state index in [1.165, 1.54) is 0 Å². The van der Waals surface area contributed by atoms with Gasteiger partial charge in [0.05, 0.1) is 9.82 Å². The molecule has 0 aliphatic rings. The molecule has 0 aromatic heterocycles. The van der Waals surface area contributed by atoms with Crippen LogP contribution < -0.4 is 5.32 Å². The van der Waals surface area contributed by atoms with Crippen molar-refractivity contribution < 1.29 is 22.1 Å². The molecule has 9 heteroatoms. The van der Waals surface area contributed by atoms with E-state index in [0.717, 1.165) is 17.7 Å². The van der Waals surface area contributed by atoms with Gasteiger partial charge in [-0.1, -0.05) is 17.7 Å². The number of rotatable bonds is 5. The van der Waals surface area contributed by atoms with Crippen LogP contribution in [0.1, 0.15) is 5.56 Å². The van der Waals surface area contributed by atoms with Crippen molar-refractivity contribution >= 4 is 26.9 Å². The number of sulfone groups is 1. The Bertz CT molecular complexity index is 836. The fourth-order valence-corrected chi connectivity index (χ4v) is 2.58. The lowest BCUT2D eigenvalue weighted by molar-refractivity contribution is -0.384. The third kappa shape index (κ3) is 3.62. The van der Waals surface area contributed by atoms with Crippen LogP contribution in [0.5, 0.6) is 0 Å². The minimum absolute atomic E-state index is 0.00655. The Balaban J connectivity index is 2.45. The molecule has 23 heavy (non-hydrogen) atoms. The highest BCUT2D eigenvalue weighted by Crippen LogP contribution is 2.31. The second kappa shape index (κ2) is 6.29. The average Bonchev–Trinajstić information content (AvgIpc) is 2.49. The van der Waals surface area contributed by atoms with Gasteiger partial charge in [0.1, 0.15) is 5.69 Å². The highest BCUT2D eigenvalue weighted by Gasteiger charge is 2.29. The van der Waals surface area contributed by atoms with Crippen molar-refractivity contribution in [3.05, 3.63) is 58.1 Å². The second-order valence-corrected chi connectivity index (χ2v) is 6.65. The molecule has 0 radical (unpaired) electrons. The van der Waals surface area contributed by atoms with Crippen molar-refractivity contribution in [1.82, 2.24) is 0 Å². The summed E-state index contributed by atoms with van der Waals surface area (Å²) in [6.07, 6.45) is 0. The molecular formula is C14H12F2N2O4S. The molecule has 0 atom stereocenters. The first-order chi connectivity index (χ1) is 10.7. The highest BCUT2D eigenvalue weighted by molar-refractivity contribution is 7.91. The standard InChI is InChI=1S/C14H12F2N2O4S/c1-9-2-4-10(5-3-9)17-12-7-6-11(8-13(12)18(19)20)23(21,22)14(15)16/h2-8,14,17H,1H3. The van der Waals surface area contributed by atoms with Gasteiger partial charge in [0.15, 0.2) is 0 Å². The summed E-state index contributed by atoms with van der Waals surface area (Å²) >= 11 is 0. The van der Waals surface area contributed by atoms with Gasteiger partial charge < -0.3 is 5.32 Å². The molecule has 0 unspecified atom stereocenters. The number of hydrogen-bond donors (Lipinski definition) is 1. The van der Waals surface area contributed by atoms with Crippen molar-refractivity contribution in [2.45, 2.75) is 17.6 Å². The lowest BCUT2D eigenvalue weighted by Gasteiger charge is -2.09. The number of nitro benzene ring substituents is 1. The van der Waals surface area contributed by atoms with Crippen molar-refractivity contribution in [2.75, 3.05) is 5.32 Å². The number of aryl methyl sites for hydroxylation is 1. The van der Waals surface area contributed by atoms with E-state index in [1.807, 2.05) is 6.92 Å². The van der Waals surface area contributed by atoms with Gasteiger partial charge in [-0.2, -0.15) is 8.78 Å². The number of alkyl halides is 2. The van der Waals surface area contributed by atoms with Crippen LogP contribution in [0, 0.1) is 17.0 Å².